The second-order valence-corrected chi connectivity index (χ2v) is 13.4. The average molecular weight is 636 g/mol. The van der Waals surface area contributed by atoms with Crippen LogP contribution < -0.4 is 16.6 Å². The number of nitrogen functional groups attached to an aromatic ring is 1. The normalized spacial score (nSPS) is 38.1. The van der Waals surface area contributed by atoms with Gasteiger partial charge in [0.25, 0.3) is 5.56 Å². The highest BCUT2D eigenvalue weighted by atomic mass is 32.7. The number of imidazole rings is 1. The van der Waals surface area contributed by atoms with Crippen LogP contribution in [0.1, 0.15) is 12.6 Å². The quantitative estimate of drug-likeness (QED) is 0.239. The SMILES string of the molecule is Nc1nc2c(ncn2[C@@H]2O[C@@H]3CO[PH](=O)O[C@@H]4[C@@H](COP(=O)(S)O[C@@H]2[C@@H]3F)C[C@@H](Nc2ccncn2)[C@@H]4F)c(=O)[nH]1. The van der Waals surface area contributed by atoms with Crippen molar-refractivity contribution in [1.29, 1.82) is 0 Å². The molecule has 222 valence electrons. The van der Waals surface area contributed by atoms with Crippen molar-refractivity contribution in [3.8, 4) is 0 Å². The van der Waals surface area contributed by atoms with Crippen LogP contribution in [0.3, 0.4) is 0 Å². The van der Waals surface area contributed by atoms with Crippen LogP contribution in [0.15, 0.2) is 29.7 Å². The molecular weight excluding hydrogens is 612 g/mol. The van der Waals surface area contributed by atoms with E-state index in [0.29, 0.717) is 5.82 Å². The van der Waals surface area contributed by atoms with Crippen molar-refractivity contribution in [1.82, 2.24) is 29.5 Å². The number of thiol groups is 1. The molecule has 3 aliphatic rings. The van der Waals surface area contributed by atoms with Crippen LogP contribution >= 0.6 is 27.3 Å². The summed E-state index contributed by atoms with van der Waals surface area (Å²) in [5, 5.41) is 2.93. The summed E-state index contributed by atoms with van der Waals surface area (Å²) in [5.41, 5.74) is 4.83. The number of halogens is 2. The van der Waals surface area contributed by atoms with Crippen LogP contribution in [-0.4, -0.2) is 79.4 Å². The van der Waals surface area contributed by atoms with E-state index < -0.39 is 82.7 Å². The lowest BCUT2D eigenvalue weighted by molar-refractivity contribution is -0.0475. The Balaban J connectivity index is 1.27. The number of nitrogens with two attached hydrogens (primary N) is 1. The number of anilines is 2. The first kappa shape index (κ1) is 28.6. The molecule has 2 aliphatic heterocycles. The molecule has 0 amide bonds. The second kappa shape index (κ2) is 11.3. The number of hydrogen-bond donors (Lipinski definition) is 4. The smallest absolute Gasteiger partial charge is 0.369 e. The van der Waals surface area contributed by atoms with Gasteiger partial charge in [-0.3, -0.25) is 23.4 Å². The number of aromatic amines is 1. The molecule has 3 aromatic heterocycles. The lowest BCUT2D eigenvalue weighted by atomic mass is 10.1. The number of fused-ring (bicyclic) bond motifs is 4. The van der Waals surface area contributed by atoms with Gasteiger partial charge in [0.1, 0.15) is 36.6 Å². The number of nitrogens with zero attached hydrogens (tertiary/aromatic N) is 5. The maximum Gasteiger partial charge on any atom is 0.386 e. The Morgan fingerprint density at radius 2 is 2.07 bits per heavy atom. The molecule has 1 aliphatic carbocycles. The molecule has 6 rings (SSSR count). The molecule has 10 atom stereocenters. The molecule has 3 fully saturated rings. The second-order valence-electron chi connectivity index (χ2n) is 9.55. The Morgan fingerprint density at radius 1 is 1.24 bits per heavy atom. The van der Waals surface area contributed by atoms with Gasteiger partial charge >= 0.3 is 15.1 Å². The van der Waals surface area contributed by atoms with Gasteiger partial charge in [-0.2, -0.15) is 4.98 Å². The first-order valence-electron chi connectivity index (χ1n) is 12.3. The molecule has 16 nitrogen and oxygen atoms in total. The minimum atomic E-state index is -4.33. The third-order valence-electron chi connectivity index (χ3n) is 6.93. The zero-order valence-electron chi connectivity index (χ0n) is 20.8. The van der Waals surface area contributed by atoms with E-state index in [1.165, 1.54) is 17.1 Å². The van der Waals surface area contributed by atoms with Crippen molar-refractivity contribution in [3.05, 3.63) is 35.3 Å². The van der Waals surface area contributed by atoms with Crippen molar-refractivity contribution in [2.75, 3.05) is 24.3 Å². The predicted octanol–water partition coefficient (Wildman–Crippen LogP) is 1.81. The Kier molecular flexibility index (Phi) is 7.88. The molecule has 41 heavy (non-hydrogen) atoms. The van der Waals surface area contributed by atoms with E-state index in [9.17, 15) is 13.9 Å². The van der Waals surface area contributed by atoms with Crippen molar-refractivity contribution in [3.63, 3.8) is 0 Å². The number of nitrogens with one attached hydrogen (secondary N) is 2. The Labute approximate surface area is 235 Å². The molecule has 2 bridgehead atoms. The van der Waals surface area contributed by atoms with Crippen LogP contribution in [0, 0.1) is 5.92 Å². The highest BCUT2D eigenvalue weighted by Crippen LogP contribution is 2.58. The summed E-state index contributed by atoms with van der Waals surface area (Å²) in [6.07, 6.45) is -5.40. The van der Waals surface area contributed by atoms with Gasteiger partial charge in [-0.1, -0.05) is 12.2 Å². The van der Waals surface area contributed by atoms with E-state index in [0.717, 1.165) is 6.33 Å². The van der Waals surface area contributed by atoms with E-state index in [-0.39, 0.29) is 23.5 Å². The van der Waals surface area contributed by atoms with Gasteiger partial charge in [-0.05, 0) is 12.5 Å². The van der Waals surface area contributed by atoms with Gasteiger partial charge in [0.15, 0.2) is 23.6 Å². The summed E-state index contributed by atoms with van der Waals surface area (Å²) in [7, 11) is -3.37. The van der Waals surface area contributed by atoms with E-state index in [1.807, 2.05) is 0 Å². The van der Waals surface area contributed by atoms with Crippen LogP contribution in [-0.2, 0) is 32.0 Å². The number of ether oxygens (including phenoxy) is 1. The number of rotatable bonds is 3. The molecule has 21 heteroatoms. The number of hydrogen-bond acceptors (Lipinski definition) is 14. The topological polar surface area (TPSA) is 208 Å². The monoisotopic (exact) mass is 636 g/mol. The van der Waals surface area contributed by atoms with Crippen molar-refractivity contribution < 1.29 is 40.7 Å². The third kappa shape index (κ3) is 5.77. The maximum absolute atomic E-state index is 15.6. The fraction of sp³-hybridized carbons (Fsp3) is 0.550. The average Bonchev–Trinajstić information content (AvgIpc) is 3.57. The highest BCUT2D eigenvalue weighted by Gasteiger charge is 2.52. The molecule has 0 aromatic carbocycles. The lowest BCUT2D eigenvalue weighted by Crippen LogP contribution is -2.33. The molecule has 2 saturated heterocycles. The maximum atomic E-state index is 15.6. The van der Waals surface area contributed by atoms with Gasteiger partial charge in [-0.15, -0.1) is 0 Å². The fourth-order valence-electron chi connectivity index (χ4n) is 5.07. The number of alkyl halides is 2. The number of aromatic nitrogens is 6. The standard InChI is InChI=1S/C20H24F2N8O8P2S/c21-12-9(27-11-1-2-24-6-25-11)3-8-4-35-40(33,41)38-16-13(22)10(5-34-39(32)37-15(8)12)36-19(16)30-7-26-14-17(30)28-20(23)29-18(14)31/h1-2,6-10,12-13,15-16,19,39H,3-5H2,(H,33,41)(H,24,25,27)(H3,23,28,29,31)/t8-,9-,10-,12+,13-,15-,16-,19-,40?/m1/s1. The van der Waals surface area contributed by atoms with Gasteiger partial charge in [0.2, 0.25) is 5.95 Å². The summed E-state index contributed by atoms with van der Waals surface area (Å²) in [4.78, 5) is 30.4. The van der Waals surface area contributed by atoms with Crippen LogP contribution in [0.5, 0.6) is 0 Å². The Morgan fingerprint density at radius 3 is 2.85 bits per heavy atom. The fourth-order valence-corrected chi connectivity index (χ4v) is 7.48. The summed E-state index contributed by atoms with van der Waals surface area (Å²) < 4.78 is 85.8. The van der Waals surface area contributed by atoms with Crippen molar-refractivity contribution >= 4 is 50.2 Å². The van der Waals surface area contributed by atoms with Crippen LogP contribution in [0.25, 0.3) is 11.2 Å². The van der Waals surface area contributed by atoms with Crippen LogP contribution in [0.2, 0.25) is 0 Å². The van der Waals surface area contributed by atoms with Gasteiger partial charge in [-0.25, -0.2) is 28.3 Å². The van der Waals surface area contributed by atoms with Gasteiger partial charge in [0, 0.05) is 12.1 Å². The van der Waals surface area contributed by atoms with E-state index in [1.54, 1.807) is 6.07 Å². The lowest BCUT2D eigenvalue weighted by Gasteiger charge is -2.25. The first-order chi connectivity index (χ1) is 19.6. The molecule has 3 aromatic rings. The zero-order chi connectivity index (χ0) is 28.9. The largest absolute Gasteiger partial charge is 0.386 e. The zero-order valence-corrected chi connectivity index (χ0v) is 23.6. The molecule has 1 saturated carbocycles. The minimum absolute atomic E-state index is 0.0587. The molecule has 4 N–H and O–H groups in total. The van der Waals surface area contributed by atoms with Crippen LogP contribution in [0.4, 0.5) is 20.5 Å². The minimum Gasteiger partial charge on any atom is -0.369 e. The molecular formula is C20H24F2N8O8P2S. The van der Waals surface area contributed by atoms with E-state index in [4.69, 9.17) is 28.6 Å². The van der Waals surface area contributed by atoms with Crippen molar-refractivity contribution in [2.45, 2.75) is 49.3 Å². The van der Waals surface area contributed by atoms with Gasteiger partial charge < -0.3 is 29.4 Å². The van der Waals surface area contributed by atoms with E-state index in [2.05, 4.69) is 42.5 Å². The third-order valence-corrected chi connectivity index (χ3v) is 9.41. The van der Waals surface area contributed by atoms with Gasteiger partial charge in [0.05, 0.1) is 25.6 Å². The molecule has 5 heterocycles. The summed E-state index contributed by atoms with van der Waals surface area (Å²) >= 11 is 4.02. The number of H-pyrrole nitrogens is 1. The molecule has 0 spiro atoms. The molecule has 0 radical (unpaired) electrons. The Hall–Kier alpha value is -2.50. The summed E-state index contributed by atoms with van der Waals surface area (Å²) in [5.74, 6) is -0.649. The van der Waals surface area contributed by atoms with E-state index >= 15 is 8.78 Å². The van der Waals surface area contributed by atoms with Crippen molar-refractivity contribution in [2.24, 2.45) is 5.92 Å². The summed E-state index contributed by atoms with van der Waals surface area (Å²) in [6, 6.07) is 0.714. The Bertz CT molecular complexity index is 1550. The molecule has 2 unspecified atom stereocenters. The highest BCUT2D eigenvalue weighted by molar-refractivity contribution is 8.44. The summed E-state index contributed by atoms with van der Waals surface area (Å²) in [6.45, 7) is -5.32. The first-order valence-corrected chi connectivity index (χ1v) is 16.2. The predicted molar refractivity (Wildman–Crippen MR) is 141 cm³/mol.